The molecule has 2 heterocycles. The molecule has 3 aromatic rings. The first-order chi connectivity index (χ1) is 11.8. The van der Waals surface area contributed by atoms with Gasteiger partial charge in [-0.25, -0.2) is 0 Å². The molecular formula is C18H17Cl2N3O2. The van der Waals surface area contributed by atoms with E-state index >= 15 is 0 Å². The summed E-state index contributed by atoms with van der Waals surface area (Å²) in [4.78, 5) is 12.5. The Kier molecular flexibility index (Phi) is 4.88. The molecule has 0 atom stereocenters. The summed E-state index contributed by atoms with van der Waals surface area (Å²) in [5.41, 5.74) is 0.207. The fourth-order valence-corrected chi connectivity index (χ4v) is 2.74. The summed E-state index contributed by atoms with van der Waals surface area (Å²) in [6.45, 7) is 4.24. The first-order valence-corrected chi connectivity index (χ1v) is 8.45. The lowest BCUT2D eigenvalue weighted by molar-refractivity contribution is 0.0881. The second-order valence-corrected chi connectivity index (χ2v) is 6.99. The summed E-state index contributed by atoms with van der Waals surface area (Å²) in [6, 6.07) is 10.5. The molecule has 7 heteroatoms. The van der Waals surface area contributed by atoms with E-state index in [1.54, 1.807) is 35.1 Å². The number of rotatable bonds is 5. The fraction of sp³-hybridized carbons (Fsp3) is 0.222. The number of carbonyl (C=O) groups excluding carboxylic acids is 1. The second-order valence-electron chi connectivity index (χ2n) is 6.18. The number of hydrogen-bond donors (Lipinski definition) is 1. The van der Waals surface area contributed by atoms with Crippen LogP contribution in [0.25, 0.3) is 0 Å². The number of nitrogens with zero attached hydrogens (tertiary/aromatic N) is 2. The molecule has 1 aromatic carbocycles. The summed E-state index contributed by atoms with van der Waals surface area (Å²) in [5.74, 6) is 0.597. The van der Waals surface area contributed by atoms with Crippen LogP contribution in [0.4, 0.5) is 0 Å². The van der Waals surface area contributed by atoms with Crippen molar-refractivity contribution in [3.05, 3.63) is 75.9 Å². The van der Waals surface area contributed by atoms with Gasteiger partial charge in [-0.15, -0.1) is 0 Å². The highest BCUT2D eigenvalue weighted by molar-refractivity contribution is 6.42. The van der Waals surface area contributed by atoms with Gasteiger partial charge >= 0.3 is 0 Å². The summed E-state index contributed by atoms with van der Waals surface area (Å²) < 4.78 is 7.35. The molecule has 0 aliphatic carbocycles. The van der Waals surface area contributed by atoms with Crippen molar-refractivity contribution in [2.24, 2.45) is 0 Å². The summed E-state index contributed by atoms with van der Waals surface area (Å²) in [6.07, 6.45) is 3.52. The van der Waals surface area contributed by atoms with E-state index in [2.05, 4.69) is 10.4 Å². The SMILES string of the molecule is CC(C)(NC(=O)c1ccc(Cn2cccn2)o1)c1ccc(Cl)c(Cl)c1. The average Bonchev–Trinajstić information content (AvgIpc) is 3.22. The zero-order valence-electron chi connectivity index (χ0n) is 13.8. The van der Waals surface area contributed by atoms with Gasteiger partial charge in [0.15, 0.2) is 5.76 Å². The number of hydrogen-bond acceptors (Lipinski definition) is 3. The van der Waals surface area contributed by atoms with Crippen molar-refractivity contribution in [1.82, 2.24) is 15.1 Å². The third-order valence-electron chi connectivity index (χ3n) is 3.83. The Morgan fingerprint density at radius 2 is 2.04 bits per heavy atom. The predicted octanol–water partition coefficient (Wildman–Crippen LogP) is 4.50. The van der Waals surface area contributed by atoms with Crippen molar-refractivity contribution in [3.8, 4) is 0 Å². The van der Waals surface area contributed by atoms with Crippen molar-refractivity contribution in [3.63, 3.8) is 0 Å². The van der Waals surface area contributed by atoms with E-state index in [0.29, 0.717) is 22.4 Å². The van der Waals surface area contributed by atoms with Crippen molar-refractivity contribution in [2.75, 3.05) is 0 Å². The largest absolute Gasteiger partial charge is 0.454 e. The zero-order chi connectivity index (χ0) is 18.0. The van der Waals surface area contributed by atoms with Gasteiger partial charge in [0.2, 0.25) is 0 Å². The highest BCUT2D eigenvalue weighted by Crippen LogP contribution is 2.28. The number of carbonyl (C=O) groups is 1. The first kappa shape index (κ1) is 17.6. The smallest absolute Gasteiger partial charge is 0.287 e. The Balaban J connectivity index is 1.72. The molecule has 130 valence electrons. The van der Waals surface area contributed by atoms with E-state index in [0.717, 1.165) is 5.56 Å². The van der Waals surface area contributed by atoms with E-state index in [9.17, 15) is 4.79 Å². The molecule has 3 rings (SSSR count). The van der Waals surface area contributed by atoms with E-state index in [-0.39, 0.29) is 11.7 Å². The Morgan fingerprint density at radius 1 is 1.24 bits per heavy atom. The average molecular weight is 378 g/mol. The van der Waals surface area contributed by atoms with Crippen LogP contribution in [0.5, 0.6) is 0 Å². The maximum Gasteiger partial charge on any atom is 0.287 e. The predicted molar refractivity (Wildman–Crippen MR) is 97.0 cm³/mol. The van der Waals surface area contributed by atoms with Gasteiger partial charge in [-0.05, 0) is 49.7 Å². The minimum absolute atomic E-state index is 0.246. The topological polar surface area (TPSA) is 60.1 Å². The number of halogens is 2. The molecule has 2 aromatic heterocycles. The number of furan rings is 1. The molecule has 0 spiro atoms. The summed E-state index contributed by atoms with van der Waals surface area (Å²) in [7, 11) is 0. The van der Waals surface area contributed by atoms with Crippen molar-refractivity contribution >= 4 is 29.1 Å². The molecule has 0 unspecified atom stereocenters. The maximum absolute atomic E-state index is 12.5. The Bertz CT molecular complexity index is 886. The third-order valence-corrected chi connectivity index (χ3v) is 4.57. The van der Waals surface area contributed by atoms with Crippen LogP contribution in [0.15, 0.2) is 53.2 Å². The highest BCUT2D eigenvalue weighted by Gasteiger charge is 2.25. The van der Waals surface area contributed by atoms with Crippen LogP contribution in [0.3, 0.4) is 0 Å². The molecule has 0 bridgehead atoms. The molecular weight excluding hydrogens is 361 g/mol. The van der Waals surface area contributed by atoms with Crippen LogP contribution < -0.4 is 5.32 Å². The summed E-state index contributed by atoms with van der Waals surface area (Å²) in [5, 5.41) is 7.98. The molecule has 0 aliphatic heterocycles. The van der Waals surface area contributed by atoms with Crippen molar-refractivity contribution in [1.29, 1.82) is 0 Å². The standard InChI is InChI=1S/C18H17Cl2N3O2/c1-18(2,12-4-6-14(19)15(20)10-12)22-17(24)16-7-5-13(25-16)11-23-9-3-8-21-23/h3-10H,11H2,1-2H3,(H,22,24). The van der Waals surface area contributed by atoms with Crippen LogP contribution in [-0.2, 0) is 12.1 Å². The van der Waals surface area contributed by atoms with Gasteiger partial charge in [0, 0.05) is 12.4 Å². The normalized spacial score (nSPS) is 11.5. The molecule has 25 heavy (non-hydrogen) atoms. The van der Waals surface area contributed by atoms with Crippen LogP contribution in [0.1, 0.15) is 35.7 Å². The number of benzene rings is 1. The Hall–Kier alpha value is -2.24. The second kappa shape index (κ2) is 6.94. The van der Waals surface area contributed by atoms with Gasteiger partial charge in [0.1, 0.15) is 5.76 Å². The fourth-order valence-electron chi connectivity index (χ4n) is 2.44. The molecule has 0 saturated heterocycles. The van der Waals surface area contributed by atoms with E-state index in [1.165, 1.54) is 0 Å². The number of nitrogens with one attached hydrogen (secondary N) is 1. The molecule has 0 aliphatic rings. The lowest BCUT2D eigenvalue weighted by atomic mass is 9.94. The monoisotopic (exact) mass is 377 g/mol. The molecule has 0 fully saturated rings. The van der Waals surface area contributed by atoms with Crippen LogP contribution in [0.2, 0.25) is 10.0 Å². The van der Waals surface area contributed by atoms with Gasteiger partial charge in [-0.2, -0.15) is 5.10 Å². The minimum atomic E-state index is -0.639. The van der Waals surface area contributed by atoms with Crippen LogP contribution in [-0.4, -0.2) is 15.7 Å². The van der Waals surface area contributed by atoms with E-state index < -0.39 is 5.54 Å². The summed E-state index contributed by atoms with van der Waals surface area (Å²) >= 11 is 12.0. The quantitative estimate of drug-likeness (QED) is 0.711. The zero-order valence-corrected chi connectivity index (χ0v) is 15.3. The first-order valence-electron chi connectivity index (χ1n) is 7.69. The number of aromatic nitrogens is 2. The van der Waals surface area contributed by atoms with Crippen molar-refractivity contribution in [2.45, 2.75) is 25.9 Å². The lowest BCUT2D eigenvalue weighted by Crippen LogP contribution is -2.40. The molecule has 0 saturated carbocycles. The molecule has 1 N–H and O–H groups in total. The lowest BCUT2D eigenvalue weighted by Gasteiger charge is -2.26. The van der Waals surface area contributed by atoms with E-state index in [4.69, 9.17) is 27.6 Å². The maximum atomic E-state index is 12.5. The minimum Gasteiger partial charge on any atom is -0.454 e. The van der Waals surface area contributed by atoms with Gasteiger partial charge in [0.05, 0.1) is 22.1 Å². The van der Waals surface area contributed by atoms with Crippen LogP contribution >= 0.6 is 23.2 Å². The number of amides is 1. The van der Waals surface area contributed by atoms with Gasteiger partial charge in [-0.1, -0.05) is 29.3 Å². The van der Waals surface area contributed by atoms with Gasteiger partial charge < -0.3 is 9.73 Å². The highest BCUT2D eigenvalue weighted by atomic mass is 35.5. The molecule has 5 nitrogen and oxygen atoms in total. The molecule has 1 amide bonds. The Labute approximate surface area is 155 Å². The van der Waals surface area contributed by atoms with E-state index in [1.807, 2.05) is 32.2 Å². The Morgan fingerprint density at radius 3 is 2.72 bits per heavy atom. The molecule has 0 radical (unpaired) electrons. The van der Waals surface area contributed by atoms with Gasteiger partial charge in [0.25, 0.3) is 5.91 Å². The van der Waals surface area contributed by atoms with Crippen molar-refractivity contribution < 1.29 is 9.21 Å². The third kappa shape index (κ3) is 4.06. The van der Waals surface area contributed by atoms with Gasteiger partial charge in [-0.3, -0.25) is 9.48 Å². The van der Waals surface area contributed by atoms with Crippen LogP contribution in [0, 0.1) is 0 Å².